The number of aromatic nitrogens is 2. The Morgan fingerprint density at radius 2 is 2.32 bits per heavy atom. The largest absolute Gasteiger partial charge is 0.478 e. The lowest BCUT2D eigenvalue weighted by molar-refractivity contribution is 0.0695. The predicted molar refractivity (Wildman–Crippen MR) is 69.2 cm³/mol. The van der Waals surface area contributed by atoms with Gasteiger partial charge in [0, 0.05) is 0 Å². The van der Waals surface area contributed by atoms with Gasteiger partial charge >= 0.3 is 5.97 Å². The molecule has 2 rings (SSSR count). The van der Waals surface area contributed by atoms with Crippen molar-refractivity contribution in [2.24, 2.45) is 0 Å². The van der Waals surface area contributed by atoms with Crippen LogP contribution in [0.15, 0.2) is 30.5 Å². The average molecular weight is 255 g/mol. The van der Waals surface area contributed by atoms with Gasteiger partial charge in [-0.25, -0.2) is 9.48 Å². The molecule has 0 saturated heterocycles. The fourth-order valence-electron chi connectivity index (χ4n) is 1.96. The van der Waals surface area contributed by atoms with Crippen LogP contribution in [-0.4, -0.2) is 20.9 Å². The molecule has 0 radical (unpaired) electrons. The molecule has 0 atom stereocenters. The summed E-state index contributed by atoms with van der Waals surface area (Å²) in [7, 11) is 0. The van der Waals surface area contributed by atoms with E-state index in [9.17, 15) is 4.79 Å². The molecule has 0 aliphatic rings. The number of nitriles is 1. The van der Waals surface area contributed by atoms with Gasteiger partial charge in [-0.1, -0.05) is 19.4 Å². The van der Waals surface area contributed by atoms with Gasteiger partial charge in [0.25, 0.3) is 0 Å². The lowest BCUT2D eigenvalue weighted by Crippen LogP contribution is -2.06. The molecule has 0 bridgehead atoms. The van der Waals surface area contributed by atoms with E-state index in [0.717, 1.165) is 6.42 Å². The van der Waals surface area contributed by atoms with E-state index in [0.29, 0.717) is 23.4 Å². The Kier molecular flexibility index (Phi) is 3.62. The van der Waals surface area contributed by atoms with Gasteiger partial charge < -0.3 is 5.11 Å². The second-order valence-corrected chi connectivity index (χ2v) is 4.13. The third-order valence-electron chi connectivity index (χ3n) is 2.81. The number of aromatic carboxylic acids is 1. The fraction of sp³-hybridized carbons (Fsp3) is 0.214. The van der Waals surface area contributed by atoms with E-state index in [1.165, 1.54) is 6.20 Å². The molecule has 19 heavy (non-hydrogen) atoms. The molecule has 5 heteroatoms. The quantitative estimate of drug-likeness (QED) is 0.909. The van der Waals surface area contributed by atoms with Crippen molar-refractivity contribution in [3.63, 3.8) is 0 Å². The zero-order valence-corrected chi connectivity index (χ0v) is 10.5. The van der Waals surface area contributed by atoms with Crippen LogP contribution in [0.3, 0.4) is 0 Å². The van der Waals surface area contributed by atoms with Gasteiger partial charge in [0.05, 0.1) is 29.2 Å². The highest BCUT2D eigenvalue weighted by Crippen LogP contribution is 2.17. The summed E-state index contributed by atoms with van der Waals surface area (Å²) in [6.07, 6.45) is 2.80. The van der Waals surface area contributed by atoms with Crippen LogP contribution in [0.25, 0.3) is 5.69 Å². The molecule has 0 aliphatic carbocycles. The molecule has 1 N–H and O–H groups in total. The molecule has 0 saturated carbocycles. The number of carboxylic acids is 1. The van der Waals surface area contributed by atoms with E-state index in [1.807, 2.05) is 6.92 Å². The Morgan fingerprint density at radius 3 is 2.95 bits per heavy atom. The number of benzene rings is 1. The van der Waals surface area contributed by atoms with E-state index < -0.39 is 5.97 Å². The summed E-state index contributed by atoms with van der Waals surface area (Å²) in [4.78, 5) is 11.2. The topological polar surface area (TPSA) is 78.9 Å². The van der Waals surface area contributed by atoms with Gasteiger partial charge in [-0.05, 0) is 24.6 Å². The van der Waals surface area contributed by atoms with E-state index >= 15 is 0 Å². The zero-order valence-electron chi connectivity index (χ0n) is 10.5. The first kappa shape index (κ1) is 12.8. The Bertz CT molecular complexity index is 653. The van der Waals surface area contributed by atoms with Crippen LogP contribution in [-0.2, 0) is 6.42 Å². The molecule has 0 aliphatic heterocycles. The molecule has 96 valence electrons. The van der Waals surface area contributed by atoms with Gasteiger partial charge in [-0.15, -0.1) is 0 Å². The van der Waals surface area contributed by atoms with Gasteiger partial charge in [-0.2, -0.15) is 10.4 Å². The molecular weight excluding hydrogens is 242 g/mol. The summed E-state index contributed by atoms with van der Waals surface area (Å²) in [5, 5.41) is 22.2. The monoisotopic (exact) mass is 255 g/mol. The van der Waals surface area contributed by atoms with Gasteiger partial charge in [-0.3, -0.25) is 0 Å². The number of carbonyl (C=O) groups is 1. The van der Waals surface area contributed by atoms with Crippen molar-refractivity contribution in [3.05, 3.63) is 47.3 Å². The normalized spacial score (nSPS) is 10.1. The van der Waals surface area contributed by atoms with Crippen molar-refractivity contribution in [1.29, 1.82) is 5.26 Å². The molecule has 0 fully saturated rings. The molecule has 5 nitrogen and oxygen atoms in total. The SMILES string of the molecule is CCCc1c(C(=O)O)cnn1-c1cccc(C#N)c1. The van der Waals surface area contributed by atoms with Gasteiger partial charge in [0.15, 0.2) is 0 Å². The maximum atomic E-state index is 11.2. The Labute approximate surface area is 110 Å². The molecule has 1 aromatic carbocycles. The first-order valence-electron chi connectivity index (χ1n) is 5.98. The number of carboxylic acid groups (broad SMARTS) is 1. The van der Waals surface area contributed by atoms with Crippen LogP contribution in [0.2, 0.25) is 0 Å². The molecule has 1 aromatic heterocycles. The summed E-state index contributed by atoms with van der Waals surface area (Å²) in [6.45, 7) is 1.98. The van der Waals surface area contributed by atoms with Crippen LogP contribution < -0.4 is 0 Å². The molecule has 0 amide bonds. The summed E-state index contributed by atoms with van der Waals surface area (Å²) in [6, 6.07) is 9.01. The Morgan fingerprint density at radius 1 is 1.53 bits per heavy atom. The van der Waals surface area contributed by atoms with Crippen molar-refractivity contribution >= 4 is 5.97 Å². The molecule has 0 spiro atoms. The Hall–Kier alpha value is -2.61. The molecule has 0 unspecified atom stereocenters. The van der Waals surface area contributed by atoms with E-state index in [-0.39, 0.29) is 5.56 Å². The maximum absolute atomic E-state index is 11.2. The summed E-state index contributed by atoms with van der Waals surface area (Å²) in [5.41, 5.74) is 2.09. The number of nitrogens with zero attached hydrogens (tertiary/aromatic N) is 3. The second-order valence-electron chi connectivity index (χ2n) is 4.13. The first-order chi connectivity index (χ1) is 9.17. The van der Waals surface area contributed by atoms with Crippen molar-refractivity contribution < 1.29 is 9.90 Å². The first-order valence-corrected chi connectivity index (χ1v) is 5.98. The predicted octanol–water partition coefficient (Wildman–Crippen LogP) is 2.39. The molecule has 2 aromatic rings. The average Bonchev–Trinajstić information content (AvgIpc) is 2.83. The zero-order chi connectivity index (χ0) is 13.8. The summed E-state index contributed by atoms with van der Waals surface area (Å²) >= 11 is 0. The van der Waals surface area contributed by atoms with Gasteiger partial charge in [0.2, 0.25) is 0 Å². The van der Waals surface area contributed by atoms with Crippen molar-refractivity contribution in [1.82, 2.24) is 9.78 Å². The van der Waals surface area contributed by atoms with Crippen molar-refractivity contribution in [2.45, 2.75) is 19.8 Å². The lowest BCUT2D eigenvalue weighted by Gasteiger charge is -2.07. The minimum Gasteiger partial charge on any atom is -0.478 e. The van der Waals surface area contributed by atoms with Crippen molar-refractivity contribution in [2.75, 3.05) is 0 Å². The minimum atomic E-state index is -0.980. The van der Waals surface area contributed by atoms with Crippen LogP contribution >= 0.6 is 0 Å². The van der Waals surface area contributed by atoms with Crippen molar-refractivity contribution in [3.8, 4) is 11.8 Å². The smallest absolute Gasteiger partial charge is 0.339 e. The van der Waals surface area contributed by atoms with Crippen LogP contribution in [0.5, 0.6) is 0 Å². The fourth-order valence-corrected chi connectivity index (χ4v) is 1.96. The molecular formula is C14H13N3O2. The summed E-state index contributed by atoms with van der Waals surface area (Å²) < 4.78 is 1.59. The number of rotatable bonds is 4. The minimum absolute atomic E-state index is 0.212. The van der Waals surface area contributed by atoms with E-state index in [2.05, 4.69) is 11.2 Å². The van der Waals surface area contributed by atoms with Crippen LogP contribution in [0.1, 0.15) is 35.0 Å². The maximum Gasteiger partial charge on any atom is 0.339 e. The van der Waals surface area contributed by atoms with Gasteiger partial charge in [0.1, 0.15) is 5.56 Å². The third kappa shape index (κ3) is 2.47. The van der Waals surface area contributed by atoms with Crippen LogP contribution in [0, 0.1) is 11.3 Å². The second kappa shape index (κ2) is 5.36. The van der Waals surface area contributed by atoms with E-state index in [1.54, 1.807) is 28.9 Å². The van der Waals surface area contributed by atoms with Crippen LogP contribution in [0.4, 0.5) is 0 Å². The number of hydrogen-bond acceptors (Lipinski definition) is 3. The highest BCUT2D eigenvalue weighted by atomic mass is 16.4. The lowest BCUT2D eigenvalue weighted by atomic mass is 10.1. The Balaban J connectivity index is 2.55. The molecule has 1 heterocycles. The number of hydrogen-bond donors (Lipinski definition) is 1. The third-order valence-corrected chi connectivity index (χ3v) is 2.81. The van der Waals surface area contributed by atoms with E-state index in [4.69, 9.17) is 10.4 Å². The highest BCUT2D eigenvalue weighted by Gasteiger charge is 2.16. The highest BCUT2D eigenvalue weighted by molar-refractivity contribution is 5.88. The summed E-state index contributed by atoms with van der Waals surface area (Å²) in [5.74, 6) is -0.980. The standard InChI is InChI=1S/C14H13N3O2/c1-2-4-13-12(14(18)19)9-16-17(13)11-6-3-5-10(7-11)8-15/h3,5-7,9H,2,4H2,1H3,(H,18,19).